The molecule has 0 bridgehead atoms. The molecule has 0 spiro atoms. The molecule has 1 fully saturated rings. The van der Waals surface area contributed by atoms with E-state index in [0.29, 0.717) is 25.9 Å². The maximum atomic E-state index is 14.6. The summed E-state index contributed by atoms with van der Waals surface area (Å²) in [5, 5.41) is 13.0. The van der Waals surface area contributed by atoms with Crippen LogP contribution in [0.3, 0.4) is 0 Å². The number of likely N-dealkylation sites (tertiary alicyclic amines) is 1. The van der Waals surface area contributed by atoms with Crippen molar-refractivity contribution in [2.24, 2.45) is 5.14 Å². The molecule has 1 saturated heterocycles. The van der Waals surface area contributed by atoms with Crippen molar-refractivity contribution in [2.45, 2.75) is 43.8 Å². The first kappa shape index (κ1) is 22.8. The molecule has 1 aromatic carbocycles. The Kier molecular flexibility index (Phi) is 6.12. The van der Waals surface area contributed by atoms with Crippen molar-refractivity contribution in [1.29, 1.82) is 0 Å². The summed E-state index contributed by atoms with van der Waals surface area (Å²) in [6.07, 6.45) is 1.61. The van der Waals surface area contributed by atoms with Crippen LogP contribution in [0.15, 0.2) is 29.4 Å². The van der Waals surface area contributed by atoms with Gasteiger partial charge in [0.25, 0.3) is 0 Å². The Bertz CT molecular complexity index is 1290. The molecule has 1 amide bonds. The lowest BCUT2D eigenvalue weighted by Crippen LogP contribution is -2.42. The number of hydrogen-bond donors (Lipinski definition) is 1. The molecule has 2 N–H and O–H groups in total. The molecule has 0 unspecified atom stereocenters. The van der Waals surface area contributed by atoms with E-state index in [1.54, 1.807) is 18.7 Å². The fourth-order valence-corrected chi connectivity index (χ4v) is 3.93. The Balaban J connectivity index is 1.53. The van der Waals surface area contributed by atoms with Gasteiger partial charge in [0.05, 0.1) is 11.0 Å². The molecule has 0 atom stereocenters. The number of ether oxygens (including phenoxy) is 2. The number of hydrogen-bond acceptors (Lipinski definition) is 9. The van der Waals surface area contributed by atoms with Gasteiger partial charge in [-0.25, -0.2) is 27.7 Å². The lowest BCUT2D eigenvalue weighted by Gasteiger charge is -2.31. The SMILES string of the molecule is CC(C)OC(=O)N1CCC(Oc2ncnc3c2nnn3-c2ccc(S(N)(=O)=O)cc2F)CC1. The number of aromatic nitrogens is 5. The van der Waals surface area contributed by atoms with Crippen LogP contribution in [0.2, 0.25) is 0 Å². The van der Waals surface area contributed by atoms with E-state index in [0.717, 1.165) is 16.8 Å². The molecule has 3 aromatic rings. The summed E-state index contributed by atoms with van der Waals surface area (Å²) < 4.78 is 49.8. The highest BCUT2D eigenvalue weighted by atomic mass is 32.2. The summed E-state index contributed by atoms with van der Waals surface area (Å²) >= 11 is 0. The first-order valence-electron chi connectivity index (χ1n) is 10.1. The molecular weight excluding hydrogens is 457 g/mol. The Labute approximate surface area is 188 Å². The van der Waals surface area contributed by atoms with Gasteiger partial charge in [0.15, 0.2) is 11.2 Å². The molecule has 1 aliphatic rings. The number of rotatable bonds is 5. The van der Waals surface area contributed by atoms with Crippen LogP contribution in [0.4, 0.5) is 9.18 Å². The topological polar surface area (TPSA) is 155 Å². The van der Waals surface area contributed by atoms with Crippen molar-refractivity contribution in [3.8, 4) is 11.6 Å². The molecule has 0 aliphatic carbocycles. The van der Waals surface area contributed by atoms with E-state index in [2.05, 4.69) is 20.3 Å². The zero-order chi connectivity index (χ0) is 23.8. The van der Waals surface area contributed by atoms with Gasteiger partial charge in [-0.05, 0) is 32.0 Å². The third-order valence-corrected chi connectivity index (χ3v) is 5.91. The number of carbonyl (C=O) groups excluding carboxylic acids is 1. The number of sulfonamides is 1. The molecule has 4 rings (SSSR count). The molecule has 3 heterocycles. The number of nitrogens with two attached hydrogens (primary N) is 1. The van der Waals surface area contributed by atoms with E-state index in [1.807, 2.05) is 0 Å². The summed E-state index contributed by atoms with van der Waals surface area (Å²) in [7, 11) is -4.06. The second-order valence-corrected chi connectivity index (χ2v) is 9.31. The summed E-state index contributed by atoms with van der Waals surface area (Å²) in [5.74, 6) is -0.689. The van der Waals surface area contributed by atoms with Crippen LogP contribution in [0.1, 0.15) is 26.7 Å². The standard InChI is InChI=1S/C19H22FN7O5S/c1-11(2)31-19(28)26-7-5-12(6-8-26)32-18-16-17(22-10-23-18)27(25-24-16)15-4-3-13(9-14(15)20)33(21,29)30/h3-4,9-12H,5-8H2,1-2H3,(H2,21,29,30). The predicted molar refractivity (Wildman–Crippen MR) is 113 cm³/mol. The third-order valence-electron chi connectivity index (χ3n) is 5.00. The number of fused-ring (bicyclic) bond motifs is 1. The first-order valence-corrected chi connectivity index (χ1v) is 11.7. The minimum atomic E-state index is -4.06. The van der Waals surface area contributed by atoms with Gasteiger partial charge < -0.3 is 14.4 Å². The monoisotopic (exact) mass is 479 g/mol. The Hall–Kier alpha value is -3.39. The summed E-state index contributed by atoms with van der Waals surface area (Å²) in [6, 6.07) is 3.19. The van der Waals surface area contributed by atoms with Gasteiger partial charge in [-0.3, -0.25) is 0 Å². The highest BCUT2D eigenvalue weighted by Gasteiger charge is 2.27. The number of nitrogens with zero attached hydrogens (tertiary/aromatic N) is 6. The van der Waals surface area contributed by atoms with Crippen molar-refractivity contribution in [3.63, 3.8) is 0 Å². The van der Waals surface area contributed by atoms with E-state index in [-0.39, 0.29) is 45.9 Å². The molecular formula is C19H22FN7O5S. The van der Waals surface area contributed by atoms with Crippen molar-refractivity contribution >= 4 is 27.3 Å². The zero-order valence-electron chi connectivity index (χ0n) is 17.9. The molecule has 1 aliphatic heterocycles. The minimum absolute atomic E-state index is 0.0634. The smallest absolute Gasteiger partial charge is 0.410 e. The molecule has 14 heteroatoms. The second kappa shape index (κ2) is 8.86. The van der Waals surface area contributed by atoms with Gasteiger partial charge in [-0.2, -0.15) is 9.67 Å². The molecule has 33 heavy (non-hydrogen) atoms. The number of carbonyl (C=O) groups is 1. The van der Waals surface area contributed by atoms with Crippen molar-refractivity contribution in [3.05, 3.63) is 30.3 Å². The number of primary sulfonamides is 1. The van der Waals surface area contributed by atoms with Crippen molar-refractivity contribution in [2.75, 3.05) is 13.1 Å². The lowest BCUT2D eigenvalue weighted by molar-refractivity contribution is 0.0510. The van der Waals surface area contributed by atoms with Gasteiger partial charge >= 0.3 is 6.09 Å². The largest absolute Gasteiger partial charge is 0.472 e. The Morgan fingerprint density at radius 1 is 1.24 bits per heavy atom. The minimum Gasteiger partial charge on any atom is -0.472 e. The van der Waals surface area contributed by atoms with Gasteiger partial charge in [0, 0.05) is 25.9 Å². The van der Waals surface area contributed by atoms with Crippen molar-refractivity contribution < 1.29 is 27.1 Å². The molecule has 2 aromatic heterocycles. The first-order chi connectivity index (χ1) is 15.6. The number of halogens is 1. The summed E-state index contributed by atoms with van der Waals surface area (Å²) in [4.78, 5) is 21.5. The number of piperidine rings is 1. The molecule has 12 nitrogen and oxygen atoms in total. The third kappa shape index (κ3) is 4.85. The van der Waals surface area contributed by atoms with E-state index >= 15 is 0 Å². The van der Waals surface area contributed by atoms with Gasteiger partial charge in [-0.1, -0.05) is 5.21 Å². The molecule has 0 radical (unpaired) electrons. The van der Waals surface area contributed by atoms with Crippen LogP contribution in [0.25, 0.3) is 16.9 Å². The fourth-order valence-electron chi connectivity index (χ4n) is 3.40. The lowest BCUT2D eigenvalue weighted by atomic mass is 10.1. The Morgan fingerprint density at radius 2 is 1.97 bits per heavy atom. The normalized spacial score (nSPS) is 15.2. The Morgan fingerprint density at radius 3 is 2.61 bits per heavy atom. The number of amides is 1. The summed E-state index contributed by atoms with van der Waals surface area (Å²) in [6.45, 7) is 4.53. The van der Waals surface area contributed by atoms with Crippen molar-refractivity contribution in [1.82, 2.24) is 29.9 Å². The second-order valence-electron chi connectivity index (χ2n) is 7.75. The van der Waals surface area contributed by atoms with Gasteiger partial charge in [0.2, 0.25) is 15.9 Å². The van der Waals surface area contributed by atoms with Crippen LogP contribution < -0.4 is 9.88 Å². The highest BCUT2D eigenvalue weighted by molar-refractivity contribution is 7.89. The van der Waals surface area contributed by atoms with E-state index in [1.165, 1.54) is 12.4 Å². The molecule has 0 saturated carbocycles. The highest BCUT2D eigenvalue weighted by Crippen LogP contribution is 2.26. The van der Waals surface area contributed by atoms with Crippen LogP contribution in [-0.2, 0) is 14.8 Å². The average Bonchev–Trinajstić information content (AvgIpc) is 3.18. The van der Waals surface area contributed by atoms with Crippen LogP contribution in [-0.4, -0.2) is 69.7 Å². The van der Waals surface area contributed by atoms with Crippen LogP contribution in [0.5, 0.6) is 5.88 Å². The zero-order valence-corrected chi connectivity index (χ0v) is 18.7. The van der Waals surface area contributed by atoms with Crippen LogP contribution in [0, 0.1) is 5.82 Å². The van der Waals surface area contributed by atoms with Gasteiger partial charge in [0.1, 0.15) is 23.9 Å². The average molecular weight is 479 g/mol. The quantitative estimate of drug-likeness (QED) is 0.571. The predicted octanol–water partition coefficient (Wildman–Crippen LogP) is 1.39. The van der Waals surface area contributed by atoms with Crippen LogP contribution >= 0.6 is 0 Å². The van der Waals surface area contributed by atoms with E-state index in [9.17, 15) is 17.6 Å². The van der Waals surface area contributed by atoms with E-state index < -0.39 is 15.8 Å². The summed E-state index contributed by atoms with van der Waals surface area (Å²) in [5.41, 5.74) is 0.334. The maximum Gasteiger partial charge on any atom is 0.410 e. The van der Waals surface area contributed by atoms with E-state index in [4.69, 9.17) is 14.6 Å². The van der Waals surface area contributed by atoms with Gasteiger partial charge in [-0.15, -0.1) is 5.10 Å². The maximum absolute atomic E-state index is 14.6. The number of benzene rings is 1. The molecule has 176 valence electrons. The fraction of sp³-hybridized carbons (Fsp3) is 0.421.